The second-order valence-electron chi connectivity index (χ2n) is 11.3. The monoisotopic (exact) mass is 709 g/mol. The van der Waals surface area contributed by atoms with Crippen molar-refractivity contribution in [2.75, 3.05) is 0 Å². The lowest BCUT2D eigenvalue weighted by molar-refractivity contribution is -0.143. The lowest BCUT2D eigenvalue weighted by Gasteiger charge is -2.14. The largest absolute Gasteiger partial charge is 0.418 e. The predicted molar refractivity (Wildman–Crippen MR) is 151 cm³/mol. The average Bonchev–Trinajstić information content (AvgIpc) is 3.59. The van der Waals surface area contributed by atoms with Gasteiger partial charge in [-0.25, -0.2) is 9.97 Å². The van der Waals surface area contributed by atoms with Gasteiger partial charge in [0, 0.05) is 26.9 Å². The van der Waals surface area contributed by atoms with E-state index in [0.29, 0.717) is 8.80 Å². The van der Waals surface area contributed by atoms with Gasteiger partial charge < -0.3 is 0 Å². The molecule has 0 radical (unpaired) electrons. The van der Waals surface area contributed by atoms with Gasteiger partial charge in [0.1, 0.15) is 22.3 Å². The number of benzene rings is 4. The first kappa shape index (κ1) is 31.3. The molecule has 8 aromatic rings. The van der Waals surface area contributed by atoms with Gasteiger partial charge in [-0.3, -0.25) is 18.4 Å². The Hall–Kier alpha value is -5.93. The van der Waals surface area contributed by atoms with Crippen molar-refractivity contribution >= 4 is 65.7 Å². The van der Waals surface area contributed by atoms with Crippen LogP contribution in [0.3, 0.4) is 0 Å². The zero-order chi connectivity index (χ0) is 36.2. The maximum absolute atomic E-state index is 14.1. The van der Waals surface area contributed by atoms with Crippen molar-refractivity contribution in [1.29, 1.82) is 5.26 Å². The molecule has 0 aliphatic carbocycles. The van der Waals surface area contributed by atoms with Crippen molar-refractivity contribution in [3.05, 3.63) is 91.0 Å². The quantitative estimate of drug-likeness (QED) is 0.117. The molecule has 50 heavy (non-hydrogen) atoms. The van der Waals surface area contributed by atoms with Crippen LogP contribution in [0.15, 0.2) is 52.1 Å². The topological polar surface area (TPSA) is 92.5 Å². The van der Waals surface area contributed by atoms with Gasteiger partial charge in [-0.05, 0) is 42.5 Å². The highest BCUT2D eigenvalue weighted by molar-refractivity contribution is 6.29. The molecule has 0 atom stereocenters. The fourth-order valence-corrected chi connectivity index (χ4v) is 6.53. The van der Waals surface area contributed by atoms with E-state index in [1.807, 2.05) is 0 Å². The minimum atomic E-state index is -5.40. The van der Waals surface area contributed by atoms with Crippen LogP contribution < -0.4 is 11.1 Å². The molecule has 7 nitrogen and oxygen atoms in total. The first-order chi connectivity index (χ1) is 23.1. The molecule has 0 saturated carbocycles. The van der Waals surface area contributed by atoms with Crippen LogP contribution in [0.25, 0.3) is 65.7 Å². The number of hydrogen-bond donors (Lipinski definition) is 0. The van der Waals surface area contributed by atoms with E-state index in [1.54, 1.807) is 6.07 Å². The summed E-state index contributed by atoms with van der Waals surface area (Å²) >= 11 is 0. The van der Waals surface area contributed by atoms with Gasteiger partial charge in [0.05, 0.1) is 50.3 Å². The van der Waals surface area contributed by atoms with Crippen molar-refractivity contribution in [3.63, 3.8) is 0 Å². The first-order valence-electron chi connectivity index (χ1n) is 13.7. The molecule has 0 aliphatic rings. The fraction of sp³-hybridized carbons (Fsp3) is 0.129. The summed E-state index contributed by atoms with van der Waals surface area (Å²) in [5.74, 6) is 0. The summed E-state index contributed by atoms with van der Waals surface area (Å²) in [6.07, 6.45) is -21.4. The number of nitriles is 1. The predicted octanol–water partition coefficient (Wildman–Crippen LogP) is 8.29. The zero-order valence-electron chi connectivity index (χ0n) is 23.6. The van der Waals surface area contributed by atoms with Gasteiger partial charge in [0.15, 0.2) is 0 Å². The Labute approximate surface area is 264 Å². The molecule has 0 unspecified atom stereocenters. The molecule has 252 valence electrons. The number of aromatic nitrogens is 4. The summed E-state index contributed by atoms with van der Waals surface area (Å²) in [7, 11) is 0. The van der Waals surface area contributed by atoms with E-state index in [-0.39, 0.29) is 40.4 Å². The number of imidazole rings is 2. The van der Waals surface area contributed by atoms with E-state index >= 15 is 0 Å². The summed E-state index contributed by atoms with van der Waals surface area (Å²) in [5.41, 5.74) is -15.4. The lowest BCUT2D eigenvalue weighted by Crippen LogP contribution is -2.18. The Balaban J connectivity index is 1.63. The van der Waals surface area contributed by atoms with Crippen molar-refractivity contribution in [1.82, 2.24) is 18.8 Å². The number of halogens is 12. The minimum Gasteiger partial charge on any atom is -0.268 e. The van der Waals surface area contributed by atoms with E-state index < -0.39 is 113 Å². The van der Waals surface area contributed by atoms with Crippen molar-refractivity contribution in [3.8, 4) is 6.07 Å². The number of nitrogens with zero attached hydrogens (tertiary/aromatic N) is 5. The third kappa shape index (κ3) is 4.01. The SMILES string of the molecule is N#Cc1cc2c(=O)n3c4cc(C(F)(F)F)cc(C(F)(F)F)c4nc3c3ccc4c(=O)n5c6cc(C(F)(F)F)cc(C(F)(F)F)c6nc5c1c4c23. The lowest BCUT2D eigenvalue weighted by atomic mass is 9.93. The molecule has 0 saturated heterocycles. The molecular formula is C31H7F12N5O2. The number of hydrogen-bond acceptors (Lipinski definition) is 5. The van der Waals surface area contributed by atoms with E-state index in [9.17, 15) is 67.5 Å². The fourth-order valence-electron chi connectivity index (χ4n) is 6.53. The standard InChI is InChI=1S/C31H7F12N5O2/c32-28(33,34)10-4-15(30(38,39)40)22-17(6-10)47-24(45-22)12-1-2-13-21-19(9(8-44)3-14(20(12)21)27(47)50)25-46-23-16(31(41,42)43)5-11(29(35,36)37)7-18(23)48(25)26(13)49/h1-7H. The van der Waals surface area contributed by atoms with Gasteiger partial charge in [-0.2, -0.15) is 57.9 Å². The maximum atomic E-state index is 14.1. The summed E-state index contributed by atoms with van der Waals surface area (Å²) in [6.45, 7) is 0. The molecule has 0 bridgehead atoms. The van der Waals surface area contributed by atoms with Crippen LogP contribution in [0.2, 0.25) is 0 Å². The smallest absolute Gasteiger partial charge is 0.268 e. The van der Waals surface area contributed by atoms with Crippen LogP contribution in [0.4, 0.5) is 52.7 Å². The Morgan fingerprint density at radius 1 is 0.540 bits per heavy atom. The normalized spacial score (nSPS) is 13.7. The Morgan fingerprint density at radius 3 is 1.48 bits per heavy atom. The average molecular weight is 709 g/mol. The van der Waals surface area contributed by atoms with E-state index in [4.69, 9.17) is 0 Å². The van der Waals surface area contributed by atoms with Crippen molar-refractivity contribution in [2.45, 2.75) is 24.7 Å². The van der Waals surface area contributed by atoms with Crippen molar-refractivity contribution in [2.24, 2.45) is 0 Å². The van der Waals surface area contributed by atoms with Crippen LogP contribution in [0.1, 0.15) is 27.8 Å². The molecule has 19 heteroatoms. The number of alkyl halides is 12. The van der Waals surface area contributed by atoms with Crippen LogP contribution in [0.5, 0.6) is 0 Å². The molecule has 0 aliphatic heterocycles. The molecule has 8 rings (SSSR count). The number of pyridine rings is 2. The van der Waals surface area contributed by atoms with Crippen molar-refractivity contribution < 1.29 is 52.7 Å². The van der Waals surface area contributed by atoms with Crippen LogP contribution >= 0.6 is 0 Å². The van der Waals surface area contributed by atoms with Gasteiger partial charge in [0.25, 0.3) is 11.1 Å². The summed E-state index contributed by atoms with van der Waals surface area (Å²) in [6, 6.07) is 4.79. The second-order valence-corrected chi connectivity index (χ2v) is 11.3. The van der Waals surface area contributed by atoms with Crippen LogP contribution in [0, 0.1) is 11.3 Å². The summed E-state index contributed by atoms with van der Waals surface area (Å²) in [5, 5.41) is 8.00. The third-order valence-electron chi connectivity index (χ3n) is 8.52. The minimum absolute atomic E-state index is 0.176. The van der Waals surface area contributed by atoms with E-state index in [2.05, 4.69) is 9.97 Å². The molecule has 0 fully saturated rings. The summed E-state index contributed by atoms with van der Waals surface area (Å²) < 4.78 is 168. The molecular weight excluding hydrogens is 702 g/mol. The number of fused-ring (bicyclic) bond motifs is 8. The van der Waals surface area contributed by atoms with Gasteiger partial charge in [-0.1, -0.05) is 0 Å². The summed E-state index contributed by atoms with van der Waals surface area (Å²) in [4.78, 5) is 35.6. The molecule has 0 N–H and O–H groups in total. The Kier molecular flexibility index (Phi) is 5.76. The molecule has 4 aromatic carbocycles. The molecule has 4 aromatic heterocycles. The van der Waals surface area contributed by atoms with E-state index in [1.165, 1.54) is 0 Å². The third-order valence-corrected chi connectivity index (χ3v) is 8.52. The van der Waals surface area contributed by atoms with Gasteiger partial charge in [0.2, 0.25) is 0 Å². The first-order valence-corrected chi connectivity index (χ1v) is 13.7. The highest BCUT2D eigenvalue weighted by Gasteiger charge is 2.41. The maximum Gasteiger partial charge on any atom is 0.418 e. The van der Waals surface area contributed by atoms with Crippen LogP contribution in [-0.4, -0.2) is 18.8 Å². The Morgan fingerprint density at radius 2 is 1.00 bits per heavy atom. The van der Waals surface area contributed by atoms with E-state index in [0.717, 1.165) is 18.2 Å². The molecule has 0 amide bonds. The second kappa shape index (κ2) is 9.19. The molecule has 4 heterocycles. The number of rotatable bonds is 0. The van der Waals surface area contributed by atoms with Gasteiger partial charge in [-0.15, -0.1) is 0 Å². The van der Waals surface area contributed by atoms with Crippen LogP contribution in [-0.2, 0) is 24.7 Å². The highest BCUT2D eigenvalue weighted by atomic mass is 19.4. The van der Waals surface area contributed by atoms with Gasteiger partial charge >= 0.3 is 24.7 Å². The zero-order valence-corrected chi connectivity index (χ0v) is 23.6. The molecule has 0 spiro atoms. The Bertz CT molecular complexity index is 2980. The highest BCUT2D eigenvalue weighted by Crippen LogP contribution is 2.44.